The maximum absolute atomic E-state index is 13.5. The van der Waals surface area contributed by atoms with Gasteiger partial charge in [0.05, 0.1) is 79.6 Å². The summed E-state index contributed by atoms with van der Waals surface area (Å²) < 4.78 is 80.4. The highest BCUT2D eigenvalue weighted by Gasteiger charge is 2.31. The fourth-order valence-electron chi connectivity index (χ4n) is 9.27. The second-order valence-electron chi connectivity index (χ2n) is 21.9. The summed E-state index contributed by atoms with van der Waals surface area (Å²) in [4.78, 5) is 131. The van der Waals surface area contributed by atoms with Crippen LogP contribution in [0.15, 0.2) is 58.6 Å². The molecule has 4 amide bonds. The molecule has 0 aliphatic heterocycles. The van der Waals surface area contributed by atoms with Crippen LogP contribution < -0.4 is 41.5 Å². The number of sulfonamides is 1. The Balaban J connectivity index is 0.000000521. The van der Waals surface area contributed by atoms with E-state index in [9.17, 15) is 85.3 Å². The number of nitrogens with zero attached hydrogens (tertiary/aromatic N) is 5. The molecule has 97 heavy (non-hydrogen) atoms. The Morgan fingerprint density at radius 3 is 1.82 bits per heavy atom. The summed E-state index contributed by atoms with van der Waals surface area (Å²) in [6.07, 6.45) is 7.23. The van der Waals surface area contributed by atoms with Gasteiger partial charge < -0.3 is 94.3 Å². The molecule has 2 aromatic heterocycles. The molecule has 4 aromatic rings. The molecule has 15 N–H and O–H groups in total. The van der Waals surface area contributed by atoms with Crippen molar-refractivity contribution in [2.24, 2.45) is 7.05 Å². The Labute approximate surface area is 561 Å². The molecule has 38 heteroatoms. The van der Waals surface area contributed by atoms with Crippen LogP contribution in [0.3, 0.4) is 0 Å². The first-order valence-corrected chi connectivity index (χ1v) is 33.6. The Hall–Kier alpha value is -8.41. The van der Waals surface area contributed by atoms with E-state index >= 15 is 0 Å². The van der Waals surface area contributed by atoms with Crippen molar-refractivity contribution in [2.75, 3.05) is 136 Å². The number of imidazole rings is 1. The Morgan fingerprint density at radius 1 is 0.691 bits per heavy atom. The molecule has 1 unspecified atom stereocenters. The zero-order chi connectivity index (χ0) is 72.3. The Bertz CT molecular complexity index is 3370. The number of anilines is 1. The monoisotopic (exact) mass is 1410 g/mol. The number of carboxylic acid groups (broad SMARTS) is 5. The molecule has 0 fully saturated rings. The number of hydrogen-bond donors (Lipinski definition) is 15. The number of aliphatic carboxylic acids is 5. The van der Waals surface area contributed by atoms with Crippen LogP contribution in [0.5, 0.6) is 5.75 Å². The van der Waals surface area contributed by atoms with Crippen molar-refractivity contribution in [3.8, 4) is 5.75 Å². The van der Waals surface area contributed by atoms with Crippen LogP contribution in [0.4, 0.5) is 5.95 Å². The van der Waals surface area contributed by atoms with Crippen LogP contribution in [0, 0.1) is 13.8 Å². The molecule has 0 aliphatic rings. The second-order valence-corrected chi connectivity index (χ2v) is 25.2. The zero-order valence-corrected chi connectivity index (χ0v) is 56.2. The van der Waals surface area contributed by atoms with Gasteiger partial charge in [0.1, 0.15) is 23.4 Å². The molecule has 36 nitrogen and oxygen atoms in total. The van der Waals surface area contributed by atoms with Crippen LogP contribution in [0.1, 0.15) is 66.1 Å². The predicted octanol–water partition coefficient (Wildman–Crippen LogP) is -0.148. The van der Waals surface area contributed by atoms with Gasteiger partial charge in [0, 0.05) is 117 Å². The number of carbonyl (C=O) groups excluding carboxylic acids is 4. The van der Waals surface area contributed by atoms with Gasteiger partial charge in [-0.25, -0.2) is 13.4 Å². The smallest absolute Gasteiger partial charge is 0.323 e. The number of rotatable bonds is 48. The van der Waals surface area contributed by atoms with Gasteiger partial charge in [-0.2, -0.15) is 4.72 Å². The molecule has 0 radical (unpaired) electrons. The number of ether oxygens (including phenoxy) is 4. The first kappa shape index (κ1) is 82.8. The number of aryl methyl sites for hydroxylation is 3. The van der Waals surface area contributed by atoms with Gasteiger partial charge in [-0.15, -0.1) is 0 Å². The maximum Gasteiger partial charge on any atom is 0.323 e. The SMILES string of the molecule is CCCOCCCNC(=O)[C@@H](CS(O)(O)O)NC(=O)CN(CCN(CCN(CC(=O)O)CC(=O)O)CC(=O)O)CC(=O)O.COCCOCCCNC(=O)CCCOc1cc(C)c(S(=O)(=O)NC(CNC(=O)c2cn(C)c3cc(CNc4ncc[nH]4)ccc3c2=O)C(=O)O)c(C)c1. The molecule has 0 spiro atoms. The minimum absolute atomic E-state index is 0.0972. The van der Waals surface area contributed by atoms with E-state index in [-0.39, 0.29) is 67.5 Å². The lowest BCUT2D eigenvalue weighted by atomic mass is 10.1. The molecule has 0 bridgehead atoms. The predicted molar refractivity (Wildman–Crippen MR) is 351 cm³/mol. The van der Waals surface area contributed by atoms with E-state index in [2.05, 4.69) is 41.3 Å². The number of fused-ring (bicyclic) bond motifs is 1. The number of aromatic nitrogens is 3. The average Bonchev–Trinajstić information content (AvgIpc) is 0.902. The van der Waals surface area contributed by atoms with Gasteiger partial charge >= 0.3 is 29.8 Å². The van der Waals surface area contributed by atoms with Gasteiger partial charge in [-0.3, -0.25) is 62.6 Å². The fourth-order valence-corrected chi connectivity index (χ4v) is 11.6. The number of H-pyrrole nitrogens is 1. The van der Waals surface area contributed by atoms with Crippen molar-refractivity contribution in [3.63, 3.8) is 0 Å². The van der Waals surface area contributed by atoms with E-state index in [1.54, 1.807) is 63.2 Å². The number of methoxy groups -OCH3 is 1. The van der Waals surface area contributed by atoms with Crippen LogP contribution in [0.2, 0.25) is 0 Å². The van der Waals surface area contributed by atoms with Crippen molar-refractivity contribution < 1.29 is 110 Å². The first-order chi connectivity index (χ1) is 45.8. The summed E-state index contributed by atoms with van der Waals surface area (Å²) in [6.45, 7) is 4.44. The molecule has 0 aliphatic carbocycles. The molecular weight excluding hydrogens is 1320 g/mol. The van der Waals surface area contributed by atoms with E-state index in [1.807, 2.05) is 6.92 Å². The lowest BCUT2D eigenvalue weighted by molar-refractivity contribution is -0.143. The average molecular weight is 1420 g/mol. The number of nitrogens with one attached hydrogen (secondary N) is 7. The van der Waals surface area contributed by atoms with Gasteiger partial charge in [-0.1, -0.05) is 13.0 Å². The highest BCUT2D eigenvalue weighted by molar-refractivity contribution is 8.19. The number of aromatic amines is 1. The van der Waals surface area contributed by atoms with Crippen molar-refractivity contribution in [3.05, 3.63) is 81.4 Å². The minimum atomic E-state index is -4.40. The van der Waals surface area contributed by atoms with Gasteiger partial charge in [0.2, 0.25) is 33.2 Å². The summed E-state index contributed by atoms with van der Waals surface area (Å²) in [5.41, 5.74) is 1.24. The summed E-state index contributed by atoms with van der Waals surface area (Å²) in [5, 5.41) is 59.7. The summed E-state index contributed by atoms with van der Waals surface area (Å²) >= 11 is 0. The highest BCUT2D eigenvalue weighted by atomic mass is 32.3. The standard InChI is InChI=1S/C36H47N7O10S.C23H43N5O14S/c1-23-17-26(53-14-5-7-31(44)37-10-6-13-52-16-15-51-4)18-24(2)33(23)54(49,50)42-29(35(47)48)21-40-34(46)28-22-43(3)30-19-25(8-9-27(30)32(28)45)20-41-36-38-11-12-39-36;1-2-9-42-10-3-4-24-23(38)17(16-43(39,40)41)25-18(29)11-27(13-20(32)33)7-5-26(12-19(30)31)6-8-28(14-21(34)35)15-22(36)37/h8-9,11-12,17-19,22,29,42H,5-7,10,13-16,20-21H2,1-4H3,(H,37,44)(H,40,46)(H,47,48)(H2,38,39,41);17,39-41H,2-16H2,1H3,(H,24,38)(H,25,29)(H,30,31)(H,32,33)(H,34,35)(H,36,37)/t;17-/m.1/s1. The molecular formula is C59H90N12O24S2. The number of benzene rings is 2. The topological polar surface area (TPSA) is 519 Å². The maximum atomic E-state index is 13.5. The minimum Gasteiger partial charge on any atom is -0.494 e. The molecule has 2 atom stereocenters. The number of hydrogen-bond acceptors (Lipinski definition) is 24. The summed E-state index contributed by atoms with van der Waals surface area (Å²) in [6, 6.07) is 4.84. The Morgan fingerprint density at radius 2 is 1.27 bits per heavy atom. The van der Waals surface area contributed by atoms with Gasteiger partial charge in [0.25, 0.3) is 5.91 Å². The van der Waals surface area contributed by atoms with Crippen LogP contribution in [-0.4, -0.2) is 273 Å². The normalized spacial score (nSPS) is 12.3. The summed E-state index contributed by atoms with van der Waals surface area (Å²) in [5.74, 6) is -9.39. The van der Waals surface area contributed by atoms with Gasteiger partial charge in [0.15, 0.2) is 5.95 Å². The molecule has 2 aromatic carbocycles. The van der Waals surface area contributed by atoms with Crippen molar-refractivity contribution in [1.29, 1.82) is 0 Å². The number of carbonyl (C=O) groups is 9. The zero-order valence-electron chi connectivity index (χ0n) is 54.6. The second kappa shape index (κ2) is 43.0. The van der Waals surface area contributed by atoms with E-state index in [0.29, 0.717) is 93.7 Å². The van der Waals surface area contributed by atoms with E-state index in [0.717, 1.165) is 21.8 Å². The van der Waals surface area contributed by atoms with Crippen molar-refractivity contribution >= 4 is 91.2 Å². The number of pyridine rings is 1. The summed E-state index contributed by atoms with van der Waals surface area (Å²) in [7, 11) is -5.35. The third-order valence-electron chi connectivity index (χ3n) is 13.7. The third kappa shape index (κ3) is 32.9. The van der Waals surface area contributed by atoms with Crippen molar-refractivity contribution in [2.45, 2.75) is 76.4 Å². The van der Waals surface area contributed by atoms with Crippen LogP contribution >= 0.6 is 10.9 Å². The Kier molecular flexibility index (Phi) is 36.7. The van der Waals surface area contributed by atoms with Gasteiger partial charge in [-0.05, 0) is 80.5 Å². The fraction of sp³-hybridized carbons (Fsp3) is 0.542. The first-order valence-electron chi connectivity index (χ1n) is 30.5. The molecule has 4 rings (SSSR count). The number of carboxylic acids is 5. The van der Waals surface area contributed by atoms with Crippen molar-refractivity contribution in [1.82, 2.24) is 55.2 Å². The molecule has 2 heterocycles. The lowest BCUT2D eigenvalue weighted by Crippen LogP contribution is -2.53. The van der Waals surface area contributed by atoms with E-state index < -0.39 is 131 Å². The van der Waals surface area contributed by atoms with E-state index in [1.165, 1.54) is 23.2 Å². The molecule has 542 valence electrons. The molecule has 0 saturated carbocycles. The largest absolute Gasteiger partial charge is 0.494 e. The highest BCUT2D eigenvalue weighted by Crippen LogP contribution is 2.33. The molecule has 0 saturated heterocycles. The van der Waals surface area contributed by atoms with Crippen LogP contribution in [-0.2, 0) is 76.2 Å². The third-order valence-corrected chi connectivity index (χ3v) is 16.2. The van der Waals surface area contributed by atoms with Crippen LogP contribution in [0.25, 0.3) is 10.9 Å². The lowest BCUT2D eigenvalue weighted by Gasteiger charge is -2.29. The quantitative estimate of drug-likeness (QED) is 0.0256. The number of amides is 4. The van der Waals surface area contributed by atoms with E-state index in [4.69, 9.17) is 29.2 Å².